The molecule has 0 spiro atoms. The number of hydrogen-bond acceptors (Lipinski definition) is 3. The number of unbranched alkanes of at least 4 members (excludes halogenated alkanes) is 7. The summed E-state index contributed by atoms with van der Waals surface area (Å²) in [7, 11) is 0. The molecule has 0 aromatic carbocycles. The van der Waals surface area contributed by atoms with Crippen molar-refractivity contribution in [3.63, 3.8) is 0 Å². The lowest BCUT2D eigenvalue weighted by atomic mass is 10.1. The van der Waals surface area contributed by atoms with E-state index in [2.05, 4.69) is 30.2 Å². The molecule has 0 fully saturated rings. The molecule has 1 N–H and O–H groups in total. The zero-order chi connectivity index (χ0) is 12.3. The summed E-state index contributed by atoms with van der Waals surface area (Å²) in [6.07, 6.45) is 12.7. The quantitative estimate of drug-likeness (QED) is 0.486. The van der Waals surface area contributed by atoms with Crippen LogP contribution < -0.4 is 5.32 Å². The first-order valence-electron chi connectivity index (χ1n) is 6.81. The van der Waals surface area contributed by atoms with Crippen molar-refractivity contribution in [3.05, 3.63) is 12.3 Å². The number of aromatic nitrogens is 2. The van der Waals surface area contributed by atoms with Crippen LogP contribution in [0.4, 0.5) is 5.82 Å². The Kier molecular flexibility index (Phi) is 7.97. The van der Waals surface area contributed by atoms with E-state index in [1.54, 1.807) is 0 Å². The van der Waals surface area contributed by atoms with Gasteiger partial charge in [-0.2, -0.15) is 0 Å². The van der Waals surface area contributed by atoms with Gasteiger partial charge in [-0.3, -0.25) is 0 Å². The van der Waals surface area contributed by atoms with Crippen LogP contribution in [0.25, 0.3) is 0 Å². The summed E-state index contributed by atoms with van der Waals surface area (Å²) in [5.74, 6) is 0.919. The Morgan fingerprint density at radius 2 is 1.76 bits per heavy atom. The van der Waals surface area contributed by atoms with Crippen LogP contribution in [0.2, 0.25) is 0 Å². The van der Waals surface area contributed by atoms with Crippen molar-refractivity contribution < 1.29 is 0 Å². The summed E-state index contributed by atoms with van der Waals surface area (Å²) in [5, 5.41) is 7.44. The van der Waals surface area contributed by atoms with Gasteiger partial charge in [0.05, 0.1) is 0 Å². The van der Waals surface area contributed by atoms with Crippen LogP contribution in [-0.2, 0) is 0 Å². The fourth-order valence-corrected chi connectivity index (χ4v) is 2.05. The van der Waals surface area contributed by atoms with Crippen LogP contribution >= 0.6 is 12.8 Å². The molecule has 0 saturated heterocycles. The predicted molar refractivity (Wildman–Crippen MR) is 77.7 cm³/mol. The summed E-state index contributed by atoms with van der Waals surface area (Å²) in [4.78, 5) is 0. The highest BCUT2D eigenvalue weighted by molar-refractivity contribution is 7.78. The monoisotopic (exact) mass is 255 g/mol. The summed E-state index contributed by atoms with van der Waals surface area (Å²) < 4.78 is 1.52. The number of rotatable bonds is 10. The third-order valence-corrected chi connectivity index (χ3v) is 3.14. The Balaban J connectivity index is 1.84. The summed E-state index contributed by atoms with van der Waals surface area (Å²) in [5.41, 5.74) is 0. The Labute approximate surface area is 111 Å². The molecule has 1 aromatic heterocycles. The van der Waals surface area contributed by atoms with Gasteiger partial charge in [0.2, 0.25) is 0 Å². The second kappa shape index (κ2) is 9.40. The van der Waals surface area contributed by atoms with Crippen LogP contribution in [-0.4, -0.2) is 15.7 Å². The fourth-order valence-electron chi connectivity index (χ4n) is 1.88. The maximum atomic E-state index is 4.15. The lowest BCUT2D eigenvalue weighted by Gasteiger charge is -2.03. The first-order valence-corrected chi connectivity index (χ1v) is 7.21. The molecule has 1 heterocycles. The number of nitrogens with one attached hydrogen (secondary N) is 1. The molecule has 0 bridgehead atoms. The molecule has 4 heteroatoms. The lowest BCUT2D eigenvalue weighted by Crippen LogP contribution is -2.02. The molecule has 3 nitrogen and oxygen atoms in total. The van der Waals surface area contributed by atoms with Gasteiger partial charge >= 0.3 is 0 Å². The van der Waals surface area contributed by atoms with Crippen LogP contribution in [0.5, 0.6) is 0 Å². The van der Waals surface area contributed by atoms with E-state index in [1.165, 1.54) is 55.5 Å². The van der Waals surface area contributed by atoms with Gasteiger partial charge in [-0.1, -0.05) is 51.9 Å². The van der Waals surface area contributed by atoms with Gasteiger partial charge in [-0.05, 0) is 19.2 Å². The molecule has 0 radical (unpaired) electrons. The minimum Gasteiger partial charge on any atom is -0.369 e. The highest BCUT2D eigenvalue weighted by Crippen LogP contribution is 2.09. The smallest absolute Gasteiger partial charge is 0.149 e. The molecule has 0 saturated carbocycles. The summed E-state index contributed by atoms with van der Waals surface area (Å²) in [6.45, 7) is 3.28. The maximum absolute atomic E-state index is 4.15. The number of anilines is 1. The Bertz CT molecular complexity index is 286. The topological polar surface area (TPSA) is 29.9 Å². The van der Waals surface area contributed by atoms with E-state index in [-0.39, 0.29) is 0 Å². The Morgan fingerprint density at radius 3 is 2.35 bits per heavy atom. The van der Waals surface area contributed by atoms with E-state index in [4.69, 9.17) is 0 Å². The molecule has 0 unspecified atom stereocenters. The molecule has 17 heavy (non-hydrogen) atoms. The first kappa shape index (κ1) is 14.4. The average molecular weight is 255 g/mol. The highest BCUT2D eigenvalue weighted by atomic mass is 32.1. The second-order valence-corrected chi connectivity index (χ2v) is 4.93. The van der Waals surface area contributed by atoms with Crippen LogP contribution in [0.15, 0.2) is 12.3 Å². The largest absolute Gasteiger partial charge is 0.369 e. The predicted octanol–water partition coefficient (Wildman–Crippen LogP) is 4.13. The van der Waals surface area contributed by atoms with Gasteiger partial charge in [-0.15, -0.1) is 5.10 Å². The van der Waals surface area contributed by atoms with Crippen LogP contribution in [0.1, 0.15) is 58.3 Å². The van der Waals surface area contributed by atoms with Gasteiger partial charge in [0, 0.05) is 18.8 Å². The molecule has 1 aromatic rings. The normalized spacial score (nSPS) is 10.7. The third-order valence-electron chi connectivity index (χ3n) is 2.91. The van der Waals surface area contributed by atoms with E-state index in [0.29, 0.717) is 0 Å². The average Bonchev–Trinajstić information content (AvgIpc) is 2.73. The minimum absolute atomic E-state index is 0.919. The fraction of sp³-hybridized carbons (Fsp3) is 0.769. The van der Waals surface area contributed by atoms with E-state index < -0.39 is 0 Å². The molecule has 0 aliphatic carbocycles. The molecule has 0 aliphatic rings. The van der Waals surface area contributed by atoms with Gasteiger partial charge < -0.3 is 5.32 Å². The van der Waals surface area contributed by atoms with Gasteiger partial charge in [-0.25, -0.2) is 4.09 Å². The highest BCUT2D eigenvalue weighted by Gasteiger charge is 1.95. The van der Waals surface area contributed by atoms with E-state index in [1.807, 2.05) is 12.3 Å². The molecular weight excluding hydrogens is 230 g/mol. The van der Waals surface area contributed by atoms with Crippen LogP contribution in [0, 0.1) is 0 Å². The second-order valence-electron chi connectivity index (χ2n) is 4.52. The molecular formula is C13H25N3S. The van der Waals surface area contributed by atoms with E-state index >= 15 is 0 Å². The Hall–Kier alpha value is -0.640. The number of hydrogen-bond donors (Lipinski definition) is 2. The summed E-state index contributed by atoms with van der Waals surface area (Å²) >= 11 is 4.09. The zero-order valence-electron chi connectivity index (χ0n) is 10.9. The van der Waals surface area contributed by atoms with Crippen molar-refractivity contribution in [1.82, 2.24) is 9.19 Å². The van der Waals surface area contributed by atoms with Crippen molar-refractivity contribution in [3.8, 4) is 0 Å². The van der Waals surface area contributed by atoms with Crippen molar-refractivity contribution in [1.29, 1.82) is 0 Å². The van der Waals surface area contributed by atoms with Gasteiger partial charge in [0.25, 0.3) is 0 Å². The molecule has 0 aliphatic heterocycles. The molecule has 0 atom stereocenters. The third kappa shape index (κ3) is 7.31. The van der Waals surface area contributed by atoms with E-state index in [0.717, 1.165) is 12.4 Å². The van der Waals surface area contributed by atoms with Gasteiger partial charge in [0.1, 0.15) is 5.82 Å². The van der Waals surface area contributed by atoms with Crippen molar-refractivity contribution in [2.75, 3.05) is 11.9 Å². The number of thiol groups is 1. The zero-order valence-corrected chi connectivity index (χ0v) is 11.8. The minimum atomic E-state index is 0.919. The van der Waals surface area contributed by atoms with Gasteiger partial charge in [0.15, 0.2) is 0 Å². The standard InChI is InChI=1S/C13H25N3S/c1-2-3-4-5-6-7-8-9-11-14-13-10-12-16(17)15-13/h10,12,17H,2-9,11H2,1H3,(H,14,15). The lowest BCUT2D eigenvalue weighted by molar-refractivity contribution is 0.581. The van der Waals surface area contributed by atoms with Crippen molar-refractivity contribution >= 4 is 18.6 Å². The maximum Gasteiger partial charge on any atom is 0.149 e. The molecule has 98 valence electrons. The molecule has 1 rings (SSSR count). The molecule has 0 amide bonds. The van der Waals surface area contributed by atoms with E-state index in [9.17, 15) is 0 Å². The van der Waals surface area contributed by atoms with Crippen molar-refractivity contribution in [2.24, 2.45) is 0 Å². The van der Waals surface area contributed by atoms with Crippen molar-refractivity contribution in [2.45, 2.75) is 58.3 Å². The Morgan fingerprint density at radius 1 is 1.12 bits per heavy atom. The summed E-state index contributed by atoms with van der Waals surface area (Å²) in [6, 6.07) is 1.94. The SMILES string of the molecule is CCCCCCCCCCNc1ccn(S)n1. The first-order chi connectivity index (χ1) is 8.33. The number of nitrogens with zero attached hydrogens (tertiary/aromatic N) is 2. The van der Waals surface area contributed by atoms with Crippen LogP contribution in [0.3, 0.4) is 0 Å².